The normalized spacial score (nSPS) is 17.5. The fourth-order valence-electron chi connectivity index (χ4n) is 2.56. The molecular weight excluding hydrogens is 254 g/mol. The predicted molar refractivity (Wildman–Crippen MR) is 75.0 cm³/mol. The van der Waals surface area contributed by atoms with E-state index in [9.17, 15) is 9.59 Å². The summed E-state index contributed by atoms with van der Waals surface area (Å²) in [6.07, 6.45) is 4.95. The van der Waals surface area contributed by atoms with Gasteiger partial charge in [-0.05, 0) is 31.7 Å². The van der Waals surface area contributed by atoms with Gasteiger partial charge in [0.1, 0.15) is 5.75 Å². The molecular formula is C16H19NO3. The second-order valence-electron chi connectivity index (χ2n) is 5.50. The number of rotatable bonds is 5. The molecule has 20 heavy (non-hydrogen) atoms. The minimum Gasteiger partial charge on any atom is -0.493 e. The molecule has 0 atom stereocenters. The molecule has 0 radical (unpaired) electrons. The quantitative estimate of drug-likeness (QED) is 0.895. The van der Waals surface area contributed by atoms with Gasteiger partial charge in [-0.25, -0.2) is 0 Å². The molecule has 2 aliphatic rings. The van der Waals surface area contributed by atoms with Gasteiger partial charge >= 0.3 is 0 Å². The van der Waals surface area contributed by atoms with Gasteiger partial charge in [0.2, 0.25) is 5.91 Å². The molecule has 0 spiro atoms. The first-order chi connectivity index (χ1) is 9.74. The second-order valence-corrected chi connectivity index (χ2v) is 5.50. The maximum absolute atomic E-state index is 11.8. The van der Waals surface area contributed by atoms with Crippen LogP contribution in [0.4, 0.5) is 0 Å². The van der Waals surface area contributed by atoms with Crippen molar-refractivity contribution >= 4 is 11.7 Å². The van der Waals surface area contributed by atoms with E-state index in [2.05, 4.69) is 5.32 Å². The Morgan fingerprint density at radius 3 is 2.95 bits per heavy atom. The van der Waals surface area contributed by atoms with E-state index in [1.54, 1.807) is 0 Å². The summed E-state index contributed by atoms with van der Waals surface area (Å²) in [5, 5.41) is 2.94. The molecule has 1 saturated carbocycles. The van der Waals surface area contributed by atoms with Gasteiger partial charge < -0.3 is 10.1 Å². The van der Waals surface area contributed by atoms with Crippen LogP contribution < -0.4 is 10.1 Å². The number of nitrogens with one attached hydrogen (secondary N) is 1. The van der Waals surface area contributed by atoms with Crippen LogP contribution in [0.25, 0.3) is 0 Å². The molecule has 0 unspecified atom stereocenters. The number of amides is 1. The molecule has 4 nitrogen and oxygen atoms in total. The summed E-state index contributed by atoms with van der Waals surface area (Å²) in [7, 11) is 0. The zero-order valence-electron chi connectivity index (χ0n) is 11.5. The van der Waals surface area contributed by atoms with Crippen molar-refractivity contribution in [3.8, 4) is 5.75 Å². The first kappa shape index (κ1) is 13.2. The van der Waals surface area contributed by atoms with Crippen molar-refractivity contribution in [2.45, 2.75) is 44.6 Å². The van der Waals surface area contributed by atoms with Crippen LogP contribution in [0.1, 0.15) is 48.0 Å². The van der Waals surface area contributed by atoms with Crippen LogP contribution in [0.15, 0.2) is 18.2 Å². The first-order valence-corrected chi connectivity index (χ1v) is 7.31. The van der Waals surface area contributed by atoms with Crippen LogP contribution in [-0.4, -0.2) is 24.3 Å². The van der Waals surface area contributed by atoms with E-state index >= 15 is 0 Å². The lowest BCUT2D eigenvalue weighted by Crippen LogP contribution is -2.26. The fraction of sp³-hybridized carbons (Fsp3) is 0.500. The maximum atomic E-state index is 11.8. The Bertz CT molecular complexity index is 535. The van der Waals surface area contributed by atoms with Crippen LogP contribution in [0.2, 0.25) is 0 Å². The van der Waals surface area contributed by atoms with Crippen molar-refractivity contribution < 1.29 is 14.3 Å². The Morgan fingerprint density at radius 1 is 1.30 bits per heavy atom. The summed E-state index contributed by atoms with van der Waals surface area (Å²) in [6, 6.07) is 5.99. The molecule has 0 heterocycles. The number of hydrogen-bond acceptors (Lipinski definition) is 3. The molecule has 1 fully saturated rings. The third-order valence-corrected chi connectivity index (χ3v) is 3.79. The smallest absolute Gasteiger partial charge is 0.223 e. The van der Waals surface area contributed by atoms with Crippen LogP contribution in [-0.2, 0) is 11.2 Å². The van der Waals surface area contributed by atoms with Crippen molar-refractivity contribution in [1.29, 1.82) is 0 Å². The molecule has 0 aromatic heterocycles. The van der Waals surface area contributed by atoms with Gasteiger partial charge in [0, 0.05) is 23.6 Å². The van der Waals surface area contributed by atoms with E-state index in [0.29, 0.717) is 25.5 Å². The average Bonchev–Trinajstić information content (AvgIpc) is 3.24. The average molecular weight is 273 g/mol. The Balaban J connectivity index is 1.58. The highest BCUT2D eigenvalue weighted by atomic mass is 16.5. The SMILES string of the molecule is O=C(CCOc1cccc2c1CCCC2=O)NC1CC1. The summed E-state index contributed by atoms with van der Waals surface area (Å²) in [5.41, 5.74) is 1.79. The fourth-order valence-corrected chi connectivity index (χ4v) is 2.56. The van der Waals surface area contributed by atoms with E-state index in [1.165, 1.54) is 0 Å². The van der Waals surface area contributed by atoms with Crippen molar-refractivity contribution in [3.63, 3.8) is 0 Å². The zero-order chi connectivity index (χ0) is 13.9. The molecule has 1 amide bonds. The standard InChI is InChI=1S/C16H19NO3/c18-14-5-1-4-13-12(14)3-2-6-15(13)20-10-9-16(19)17-11-7-8-11/h2-3,6,11H,1,4-5,7-10H2,(H,17,19). The monoisotopic (exact) mass is 273 g/mol. The van der Waals surface area contributed by atoms with Gasteiger partial charge in [0.05, 0.1) is 13.0 Å². The van der Waals surface area contributed by atoms with Gasteiger partial charge in [-0.2, -0.15) is 0 Å². The Labute approximate surface area is 118 Å². The highest BCUT2D eigenvalue weighted by molar-refractivity contribution is 5.99. The minimum atomic E-state index is 0.0494. The van der Waals surface area contributed by atoms with E-state index in [0.717, 1.165) is 42.6 Å². The van der Waals surface area contributed by atoms with E-state index in [4.69, 9.17) is 4.74 Å². The van der Waals surface area contributed by atoms with Gasteiger partial charge in [-0.15, -0.1) is 0 Å². The topological polar surface area (TPSA) is 55.4 Å². The third kappa shape index (κ3) is 3.00. The Morgan fingerprint density at radius 2 is 2.15 bits per heavy atom. The highest BCUT2D eigenvalue weighted by Gasteiger charge is 2.23. The van der Waals surface area contributed by atoms with Gasteiger partial charge in [-0.3, -0.25) is 9.59 Å². The number of carbonyl (C=O) groups excluding carboxylic acids is 2. The summed E-state index contributed by atoms with van der Waals surface area (Å²) < 4.78 is 5.71. The van der Waals surface area contributed by atoms with Crippen molar-refractivity contribution in [1.82, 2.24) is 5.32 Å². The highest BCUT2D eigenvalue weighted by Crippen LogP contribution is 2.29. The largest absolute Gasteiger partial charge is 0.493 e. The molecule has 106 valence electrons. The predicted octanol–water partition coefficient (Wildman–Crippen LogP) is 2.25. The summed E-state index contributed by atoms with van der Waals surface area (Å²) in [5.74, 6) is 1.01. The summed E-state index contributed by atoms with van der Waals surface area (Å²) >= 11 is 0. The van der Waals surface area contributed by atoms with Crippen LogP contribution >= 0.6 is 0 Å². The molecule has 1 aromatic rings. The van der Waals surface area contributed by atoms with Crippen LogP contribution in [0.5, 0.6) is 5.75 Å². The maximum Gasteiger partial charge on any atom is 0.223 e. The lowest BCUT2D eigenvalue weighted by Gasteiger charge is -2.18. The van der Waals surface area contributed by atoms with E-state index in [1.807, 2.05) is 18.2 Å². The van der Waals surface area contributed by atoms with Crippen molar-refractivity contribution in [3.05, 3.63) is 29.3 Å². The summed E-state index contributed by atoms with van der Waals surface area (Å²) in [6.45, 7) is 0.364. The molecule has 0 aliphatic heterocycles. The second kappa shape index (κ2) is 5.65. The molecule has 4 heteroatoms. The van der Waals surface area contributed by atoms with E-state index < -0.39 is 0 Å². The number of fused-ring (bicyclic) bond motifs is 1. The minimum absolute atomic E-state index is 0.0494. The van der Waals surface area contributed by atoms with Crippen molar-refractivity contribution in [2.75, 3.05) is 6.61 Å². The number of carbonyl (C=O) groups is 2. The number of hydrogen-bond donors (Lipinski definition) is 1. The summed E-state index contributed by atoms with van der Waals surface area (Å²) in [4.78, 5) is 23.4. The van der Waals surface area contributed by atoms with Crippen LogP contribution in [0, 0.1) is 0 Å². The molecule has 2 aliphatic carbocycles. The van der Waals surface area contributed by atoms with Gasteiger partial charge in [0.25, 0.3) is 0 Å². The Hall–Kier alpha value is -1.84. The molecule has 0 saturated heterocycles. The number of benzene rings is 1. The Kier molecular flexibility index (Phi) is 3.72. The number of Topliss-reactive ketones (excluding diaryl/α,β-unsaturated/α-hetero) is 1. The lowest BCUT2D eigenvalue weighted by molar-refractivity contribution is -0.121. The van der Waals surface area contributed by atoms with E-state index in [-0.39, 0.29) is 11.7 Å². The van der Waals surface area contributed by atoms with Crippen molar-refractivity contribution in [2.24, 2.45) is 0 Å². The van der Waals surface area contributed by atoms with Gasteiger partial charge in [-0.1, -0.05) is 12.1 Å². The molecule has 0 bridgehead atoms. The molecule has 1 N–H and O–H groups in total. The van der Waals surface area contributed by atoms with Gasteiger partial charge in [0.15, 0.2) is 5.78 Å². The zero-order valence-corrected chi connectivity index (χ0v) is 11.5. The first-order valence-electron chi connectivity index (χ1n) is 7.31. The number of ketones is 1. The molecule has 3 rings (SSSR count). The lowest BCUT2D eigenvalue weighted by atomic mass is 9.90. The third-order valence-electron chi connectivity index (χ3n) is 3.79. The van der Waals surface area contributed by atoms with Crippen LogP contribution in [0.3, 0.4) is 0 Å². The number of ether oxygens (including phenoxy) is 1. The molecule has 1 aromatic carbocycles.